The summed E-state index contributed by atoms with van der Waals surface area (Å²) < 4.78 is 5.14. The molecule has 0 atom stereocenters. The molecule has 0 fully saturated rings. The molecular weight excluding hydrogens is 204 g/mol. The highest BCUT2D eigenvalue weighted by atomic mass is 16.5. The van der Waals surface area contributed by atoms with E-state index in [1.165, 1.54) is 6.20 Å². The van der Waals surface area contributed by atoms with Crippen LogP contribution in [0.3, 0.4) is 0 Å². The fraction of sp³-hybridized carbons (Fsp3) is 0.0833. The van der Waals surface area contributed by atoms with Crippen LogP contribution in [0.25, 0.3) is 11.1 Å². The van der Waals surface area contributed by atoms with Crippen LogP contribution in [0, 0.1) is 0 Å². The van der Waals surface area contributed by atoms with Crippen molar-refractivity contribution in [2.24, 2.45) is 0 Å². The molecule has 0 spiro atoms. The number of methoxy groups -OCH3 is 1. The lowest BCUT2D eigenvalue weighted by Gasteiger charge is -2.07. The predicted molar refractivity (Wildman–Crippen MR) is 59.4 cm³/mol. The maximum atomic E-state index is 10.7. The van der Waals surface area contributed by atoms with Crippen LogP contribution in [0.4, 0.5) is 0 Å². The number of ether oxygens (including phenoxy) is 1. The second-order valence-electron chi connectivity index (χ2n) is 3.19. The molecule has 4 nitrogen and oxygen atoms in total. The fourth-order valence-corrected chi connectivity index (χ4v) is 1.42. The van der Waals surface area contributed by atoms with Crippen LogP contribution in [0.1, 0.15) is 10.4 Å². The molecular formula is C12H10N2O2. The minimum absolute atomic E-state index is 0.485. The van der Waals surface area contributed by atoms with Gasteiger partial charge in [-0.3, -0.25) is 9.78 Å². The summed E-state index contributed by atoms with van der Waals surface area (Å²) in [6, 6.07) is 5.44. The average Bonchev–Trinajstić information content (AvgIpc) is 2.39. The Balaban J connectivity index is 2.57. The van der Waals surface area contributed by atoms with Crippen LogP contribution in [-0.4, -0.2) is 23.4 Å². The highest BCUT2D eigenvalue weighted by Gasteiger charge is 2.08. The number of aldehydes is 1. The molecule has 2 aromatic rings. The number of hydrogen-bond donors (Lipinski definition) is 0. The van der Waals surface area contributed by atoms with Gasteiger partial charge in [0.2, 0.25) is 5.88 Å². The highest BCUT2D eigenvalue weighted by Crippen LogP contribution is 2.27. The molecule has 80 valence electrons. The third kappa shape index (κ3) is 1.91. The number of pyridine rings is 2. The first kappa shape index (κ1) is 10.3. The first-order valence-electron chi connectivity index (χ1n) is 4.74. The van der Waals surface area contributed by atoms with Gasteiger partial charge in [-0.05, 0) is 12.1 Å². The molecule has 0 bridgehead atoms. The molecule has 0 saturated carbocycles. The first-order chi connectivity index (χ1) is 7.85. The van der Waals surface area contributed by atoms with Crippen LogP contribution in [0.2, 0.25) is 0 Å². The Hall–Kier alpha value is -2.23. The molecule has 0 N–H and O–H groups in total. The third-order valence-electron chi connectivity index (χ3n) is 2.17. The van der Waals surface area contributed by atoms with E-state index in [4.69, 9.17) is 4.74 Å². The van der Waals surface area contributed by atoms with Gasteiger partial charge >= 0.3 is 0 Å². The Labute approximate surface area is 92.9 Å². The van der Waals surface area contributed by atoms with E-state index in [9.17, 15) is 4.79 Å². The van der Waals surface area contributed by atoms with Gasteiger partial charge in [0.05, 0.1) is 7.11 Å². The van der Waals surface area contributed by atoms with Crippen LogP contribution in [0.5, 0.6) is 5.88 Å². The molecule has 2 rings (SSSR count). The fourth-order valence-electron chi connectivity index (χ4n) is 1.42. The maximum absolute atomic E-state index is 10.7. The molecule has 2 heterocycles. The minimum atomic E-state index is 0.485. The van der Waals surface area contributed by atoms with Crippen LogP contribution < -0.4 is 4.74 Å². The van der Waals surface area contributed by atoms with Crippen LogP contribution in [-0.2, 0) is 0 Å². The molecule has 4 heteroatoms. The van der Waals surface area contributed by atoms with Gasteiger partial charge in [-0.1, -0.05) is 6.07 Å². The summed E-state index contributed by atoms with van der Waals surface area (Å²) in [5.74, 6) is 0.485. The van der Waals surface area contributed by atoms with Crippen molar-refractivity contribution in [3.05, 3.63) is 42.4 Å². The molecule has 0 aliphatic carbocycles. The molecule has 0 unspecified atom stereocenters. The maximum Gasteiger partial charge on any atom is 0.221 e. The Morgan fingerprint density at radius 1 is 1.38 bits per heavy atom. The predicted octanol–water partition coefficient (Wildman–Crippen LogP) is 1.96. The van der Waals surface area contributed by atoms with E-state index in [1.807, 2.05) is 12.1 Å². The molecule has 0 aliphatic heterocycles. The third-order valence-corrected chi connectivity index (χ3v) is 2.17. The zero-order valence-electron chi connectivity index (χ0n) is 8.75. The summed E-state index contributed by atoms with van der Waals surface area (Å²) in [5, 5.41) is 0. The largest absolute Gasteiger partial charge is 0.481 e. The zero-order valence-corrected chi connectivity index (χ0v) is 8.75. The Morgan fingerprint density at radius 3 is 2.88 bits per heavy atom. The molecule has 0 aromatic carbocycles. The van der Waals surface area contributed by atoms with Crippen molar-refractivity contribution < 1.29 is 9.53 Å². The molecule has 0 amide bonds. The lowest BCUT2D eigenvalue weighted by molar-refractivity contribution is 0.112. The Kier molecular flexibility index (Phi) is 2.91. The standard InChI is InChI=1S/C12H10N2O2/c1-16-12-11(5-9(8-15)6-14-12)10-3-2-4-13-7-10/h2-8H,1H3. The monoisotopic (exact) mass is 214 g/mol. The Bertz CT molecular complexity index is 498. The Morgan fingerprint density at radius 2 is 2.25 bits per heavy atom. The van der Waals surface area contributed by atoms with E-state index in [-0.39, 0.29) is 0 Å². The van der Waals surface area contributed by atoms with Gasteiger partial charge in [0.15, 0.2) is 6.29 Å². The zero-order chi connectivity index (χ0) is 11.4. The number of carbonyl (C=O) groups is 1. The van der Waals surface area contributed by atoms with Gasteiger partial charge in [0.25, 0.3) is 0 Å². The summed E-state index contributed by atoms with van der Waals surface area (Å²) >= 11 is 0. The second-order valence-corrected chi connectivity index (χ2v) is 3.19. The van der Waals surface area contributed by atoms with Crippen molar-refractivity contribution in [2.75, 3.05) is 7.11 Å². The lowest BCUT2D eigenvalue weighted by Crippen LogP contribution is -1.94. The highest BCUT2D eigenvalue weighted by molar-refractivity contribution is 5.79. The smallest absolute Gasteiger partial charge is 0.221 e. The van der Waals surface area contributed by atoms with Crippen molar-refractivity contribution in [2.45, 2.75) is 0 Å². The summed E-state index contributed by atoms with van der Waals surface area (Å²) in [7, 11) is 1.54. The van der Waals surface area contributed by atoms with E-state index in [0.29, 0.717) is 11.4 Å². The van der Waals surface area contributed by atoms with E-state index in [1.54, 1.807) is 25.6 Å². The summed E-state index contributed by atoms with van der Waals surface area (Å²) in [4.78, 5) is 18.8. The molecule has 2 aromatic heterocycles. The molecule has 16 heavy (non-hydrogen) atoms. The summed E-state index contributed by atoms with van der Waals surface area (Å²) in [6.45, 7) is 0. The van der Waals surface area contributed by atoms with Crippen LogP contribution >= 0.6 is 0 Å². The van der Waals surface area contributed by atoms with Crippen molar-refractivity contribution in [3.63, 3.8) is 0 Å². The number of rotatable bonds is 3. The number of hydrogen-bond acceptors (Lipinski definition) is 4. The quantitative estimate of drug-likeness (QED) is 0.733. The molecule has 0 saturated heterocycles. The van der Waals surface area contributed by atoms with Gasteiger partial charge in [-0.25, -0.2) is 4.98 Å². The van der Waals surface area contributed by atoms with Crippen molar-refractivity contribution in [1.82, 2.24) is 9.97 Å². The summed E-state index contributed by atoms with van der Waals surface area (Å²) in [5.41, 5.74) is 2.15. The van der Waals surface area contributed by atoms with E-state index >= 15 is 0 Å². The van der Waals surface area contributed by atoms with E-state index in [2.05, 4.69) is 9.97 Å². The van der Waals surface area contributed by atoms with E-state index < -0.39 is 0 Å². The SMILES string of the molecule is COc1ncc(C=O)cc1-c1cccnc1. The van der Waals surface area contributed by atoms with Gasteiger partial charge in [0.1, 0.15) is 0 Å². The van der Waals surface area contributed by atoms with Crippen molar-refractivity contribution >= 4 is 6.29 Å². The minimum Gasteiger partial charge on any atom is -0.481 e. The topological polar surface area (TPSA) is 52.1 Å². The second kappa shape index (κ2) is 4.53. The van der Waals surface area contributed by atoms with Crippen molar-refractivity contribution in [3.8, 4) is 17.0 Å². The van der Waals surface area contributed by atoms with Gasteiger partial charge in [-0.15, -0.1) is 0 Å². The normalized spacial score (nSPS) is 9.81. The number of nitrogens with zero attached hydrogens (tertiary/aromatic N) is 2. The van der Waals surface area contributed by atoms with Gasteiger partial charge < -0.3 is 4.74 Å². The van der Waals surface area contributed by atoms with Crippen molar-refractivity contribution in [1.29, 1.82) is 0 Å². The molecule has 0 radical (unpaired) electrons. The first-order valence-corrected chi connectivity index (χ1v) is 4.74. The van der Waals surface area contributed by atoms with Crippen LogP contribution in [0.15, 0.2) is 36.8 Å². The molecule has 0 aliphatic rings. The number of aromatic nitrogens is 2. The van der Waals surface area contributed by atoms with Gasteiger partial charge in [-0.2, -0.15) is 0 Å². The van der Waals surface area contributed by atoms with Gasteiger partial charge in [0, 0.05) is 35.3 Å². The average molecular weight is 214 g/mol. The lowest BCUT2D eigenvalue weighted by atomic mass is 10.1. The summed E-state index contributed by atoms with van der Waals surface area (Å²) in [6.07, 6.45) is 5.62. The number of carbonyl (C=O) groups excluding carboxylic acids is 1. The van der Waals surface area contributed by atoms with E-state index in [0.717, 1.165) is 17.4 Å².